The highest BCUT2D eigenvalue weighted by Gasteiger charge is 2.13. The molecule has 27 heavy (non-hydrogen) atoms. The lowest BCUT2D eigenvalue weighted by atomic mass is 10.1. The van der Waals surface area contributed by atoms with Crippen LogP contribution >= 0.6 is 11.6 Å². The molecule has 3 aromatic rings. The van der Waals surface area contributed by atoms with Gasteiger partial charge in [-0.05, 0) is 36.8 Å². The van der Waals surface area contributed by atoms with Crippen molar-refractivity contribution >= 4 is 28.9 Å². The van der Waals surface area contributed by atoms with Crippen LogP contribution in [0.25, 0.3) is 0 Å². The third kappa shape index (κ3) is 4.77. The van der Waals surface area contributed by atoms with Gasteiger partial charge in [0, 0.05) is 11.2 Å². The number of nitrogens with one attached hydrogen (secondary N) is 2. The van der Waals surface area contributed by atoms with Crippen molar-refractivity contribution in [2.45, 2.75) is 13.0 Å². The number of nitrogens with zero attached hydrogens (tertiary/aromatic N) is 1. The van der Waals surface area contributed by atoms with Gasteiger partial charge in [0.05, 0.1) is 36.3 Å². The summed E-state index contributed by atoms with van der Waals surface area (Å²) in [6.07, 6.45) is 3.17. The first kappa shape index (κ1) is 18.7. The molecule has 0 bridgehead atoms. The first-order chi connectivity index (χ1) is 13.1. The molecule has 1 heterocycles. The third-order valence-corrected chi connectivity index (χ3v) is 4.32. The molecule has 0 spiro atoms. The van der Waals surface area contributed by atoms with E-state index in [0.29, 0.717) is 27.7 Å². The summed E-state index contributed by atoms with van der Waals surface area (Å²) in [6, 6.07) is 16.7. The molecule has 0 aliphatic heterocycles. The second-order valence-electron chi connectivity index (χ2n) is 6.04. The first-order valence-electron chi connectivity index (χ1n) is 8.48. The Kier molecular flexibility index (Phi) is 5.94. The summed E-state index contributed by atoms with van der Waals surface area (Å²) < 4.78 is 5.33. The number of halogens is 1. The van der Waals surface area contributed by atoms with Gasteiger partial charge in [-0.15, -0.1) is 0 Å². The van der Waals surface area contributed by atoms with Gasteiger partial charge in [-0.25, -0.2) is 0 Å². The molecule has 2 N–H and O–H groups in total. The van der Waals surface area contributed by atoms with Crippen LogP contribution in [0, 0.1) is 0 Å². The van der Waals surface area contributed by atoms with Gasteiger partial charge in [-0.2, -0.15) is 0 Å². The molecule has 1 amide bonds. The summed E-state index contributed by atoms with van der Waals surface area (Å²) in [4.78, 5) is 16.7. The summed E-state index contributed by atoms with van der Waals surface area (Å²) in [6.45, 7) is 1.94. The highest BCUT2D eigenvalue weighted by Crippen LogP contribution is 2.30. The molecule has 0 fully saturated rings. The number of benzene rings is 2. The number of methoxy groups -OCH3 is 1. The lowest BCUT2D eigenvalue weighted by molar-refractivity contribution is 0.0939. The summed E-state index contributed by atoms with van der Waals surface area (Å²) in [5, 5.41) is 6.76. The predicted molar refractivity (Wildman–Crippen MR) is 108 cm³/mol. The first-order valence-corrected chi connectivity index (χ1v) is 8.86. The molecule has 1 aromatic heterocycles. The second kappa shape index (κ2) is 8.56. The van der Waals surface area contributed by atoms with E-state index in [-0.39, 0.29) is 11.9 Å². The number of pyridine rings is 1. The van der Waals surface area contributed by atoms with Crippen molar-refractivity contribution in [3.63, 3.8) is 0 Å². The van der Waals surface area contributed by atoms with Crippen LogP contribution in [0.4, 0.5) is 11.4 Å². The van der Waals surface area contributed by atoms with E-state index in [2.05, 4.69) is 15.6 Å². The summed E-state index contributed by atoms with van der Waals surface area (Å²) in [5.41, 5.74) is 2.86. The number of amides is 1. The topological polar surface area (TPSA) is 63.2 Å². The van der Waals surface area contributed by atoms with E-state index in [1.54, 1.807) is 37.6 Å². The molecule has 1 atom stereocenters. The maximum Gasteiger partial charge on any atom is 0.253 e. The van der Waals surface area contributed by atoms with E-state index < -0.39 is 0 Å². The van der Waals surface area contributed by atoms with Crippen LogP contribution in [-0.2, 0) is 0 Å². The maximum absolute atomic E-state index is 12.6. The Morgan fingerprint density at radius 2 is 1.89 bits per heavy atom. The molecule has 2 aromatic carbocycles. The lowest BCUT2D eigenvalue weighted by Gasteiger charge is -2.15. The Morgan fingerprint density at radius 1 is 1.11 bits per heavy atom. The Hall–Kier alpha value is -3.05. The molecular weight excluding hydrogens is 362 g/mol. The van der Waals surface area contributed by atoms with E-state index in [0.717, 1.165) is 5.56 Å². The average molecular weight is 382 g/mol. The molecule has 3 rings (SSSR count). The molecule has 0 saturated carbocycles. The van der Waals surface area contributed by atoms with Crippen LogP contribution < -0.4 is 15.4 Å². The van der Waals surface area contributed by atoms with E-state index >= 15 is 0 Å². The Labute approximate surface area is 163 Å². The third-order valence-electron chi connectivity index (χ3n) is 4.09. The second-order valence-corrected chi connectivity index (χ2v) is 6.47. The Morgan fingerprint density at radius 3 is 2.63 bits per heavy atom. The molecule has 0 saturated heterocycles. The minimum atomic E-state index is -0.194. The number of anilines is 2. The van der Waals surface area contributed by atoms with Crippen LogP contribution in [0.1, 0.15) is 28.9 Å². The van der Waals surface area contributed by atoms with Crippen molar-refractivity contribution < 1.29 is 9.53 Å². The van der Waals surface area contributed by atoms with Crippen LogP contribution in [0.15, 0.2) is 67.0 Å². The number of hydrogen-bond acceptors (Lipinski definition) is 4. The van der Waals surface area contributed by atoms with E-state index in [9.17, 15) is 4.79 Å². The zero-order valence-electron chi connectivity index (χ0n) is 15.1. The van der Waals surface area contributed by atoms with Gasteiger partial charge in [0.2, 0.25) is 0 Å². The number of ether oxygens (including phenoxy) is 1. The summed E-state index contributed by atoms with van der Waals surface area (Å²) in [5.74, 6) is 0.451. The molecule has 5 nitrogen and oxygen atoms in total. The largest absolute Gasteiger partial charge is 0.495 e. The van der Waals surface area contributed by atoms with Gasteiger partial charge < -0.3 is 15.4 Å². The highest BCUT2D eigenvalue weighted by atomic mass is 35.5. The SMILES string of the molecule is COc1ccc(Cl)cc1Nc1cncc(C(=O)NC(C)c2ccccc2)c1. The summed E-state index contributed by atoms with van der Waals surface area (Å²) in [7, 11) is 1.58. The van der Waals surface area contributed by atoms with Gasteiger partial charge >= 0.3 is 0 Å². The van der Waals surface area contributed by atoms with Gasteiger partial charge in [0.25, 0.3) is 5.91 Å². The highest BCUT2D eigenvalue weighted by molar-refractivity contribution is 6.31. The standard InChI is InChI=1S/C21H20ClN3O2/c1-14(15-6-4-3-5-7-15)24-21(26)16-10-18(13-23-12-16)25-19-11-17(22)8-9-20(19)27-2/h3-14,25H,1-2H3,(H,24,26). The van der Waals surface area contributed by atoms with Crippen molar-refractivity contribution in [2.24, 2.45) is 0 Å². The number of carbonyl (C=O) groups is 1. The Bertz CT molecular complexity index is 932. The normalized spacial score (nSPS) is 11.5. The van der Waals surface area contributed by atoms with E-state index in [1.165, 1.54) is 6.20 Å². The molecule has 1 unspecified atom stereocenters. The van der Waals surface area contributed by atoms with Gasteiger partial charge in [0.15, 0.2) is 0 Å². The number of aromatic nitrogens is 1. The van der Waals surface area contributed by atoms with E-state index in [1.807, 2.05) is 37.3 Å². The minimum Gasteiger partial charge on any atom is -0.495 e. The maximum atomic E-state index is 12.6. The van der Waals surface area contributed by atoms with Gasteiger partial charge in [0.1, 0.15) is 5.75 Å². The fourth-order valence-corrected chi connectivity index (χ4v) is 2.84. The monoisotopic (exact) mass is 381 g/mol. The molecule has 6 heteroatoms. The number of hydrogen-bond donors (Lipinski definition) is 2. The minimum absolute atomic E-state index is 0.108. The Balaban J connectivity index is 1.75. The van der Waals surface area contributed by atoms with Crippen molar-refractivity contribution in [1.29, 1.82) is 0 Å². The van der Waals surface area contributed by atoms with Gasteiger partial charge in [-0.1, -0.05) is 41.9 Å². The average Bonchev–Trinajstić information content (AvgIpc) is 2.69. The lowest BCUT2D eigenvalue weighted by Crippen LogP contribution is -2.26. The fraction of sp³-hybridized carbons (Fsp3) is 0.143. The van der Waals surface area contributed by atoms with Crippen molar-refractivity contribution in [3.8, 4) is 5.75 Å². The molecule has 138 valence electrons. The zero-order valence-corrected chi connectivity index (χ0v) is 15.8. The van der Waals surface area contributed by atoms with Crippen LogP contribution in [0.5, 0.6) is 5.75 Å². The van der Waals surface area contributed by atoms with E-state index in [4.69, 9.17) is 16.3 Å². The summed E-state index contributed by atoms with van der Waals surface area (Å²) >= 11 is 6.06. The van der Waals surface area contributed by atoms with Crippen LogP contribution in [0.3, 0.4) is 0 Å². The van der Waals surface area contributed by atoms with Gasteiger partial charge in [-0.3, -0.25) is 9.78 Å². The number of carbonyl (C=O) groups excluding carboxylic acids is 1. The smallest absolute Gasteiger partial charge is 0.253 e. The molecule has 0 radical (unpaired) electrons. The quantitative estimate of drug-likeness (QED) is 0.632. The number of rotatable bonds is 6. The zero-order chi connectivity index (χ0) is 19.2. The van der Waals surface area contributed by atoms with Crippen LogP contribution in [-0.4, -0.2) is 18.0 Å². The predicted octanol–water partition coefficient (Wildman–Crippen LogP) is 4.98. The van der Waals surface area contributed by atoms with Crippen molar-refractivity contribution in [2.75, 3.05) is 12.4 Å². The molecule has 0 aliphatic rings. The van der Waals surface area contributed by atoms with Crippen molar-refractivity contribution in [3.05, 3.63) is 83.1 Å². The molecular formula is C21H20ClN3O2. The molecule has 0 aliphatic carbocycles. The van der Waals surface area contributed by atoms with Crippen molar-refractivity contribution in [1.82, 2.24) is 10.3 Å². The fourth-order valence-electron chi connectivity index (χ4n) is 2.67. The van der Waals surface area contributed by atoms with Crippen LogP contribution in [0.2, 0.25) is 5.02 Å².